The Hall–Kier alpha value is -0.650. The number of rotatable bonds is 11. The summed E-state index contributed by atoms with van der Waals surface area (Å²) in [5.41, 5.74) is -0.849. The summed E-state index contributed by atoms with van der Waals surface area (Å²) in [4.78, 5) is 12.5. The fraction of sp³-hybridized carbons (Fsp3) is 0.966. The number of ether oxygens (including phenoxy) is 2. The van der Waals surface area contributed by atoms with Gasteiger partial charge >= 0.3 is 0 Å². The smallest absolute Gasteiger partial charge is 0.246 e. The highest BCUT2D eigenvalue weighted by atomic mass is 16.5. The quantitative estimate of drug-likeness (QED) is 0.316. The maximum absolute atomic E-state index is 12.5. The Morgan fingerprint density at radius 1 is 0.765 bits per heavy atom. The number of nitrogens with one attached hydrogen (secondary N) is 2. The minimum atomic E-state index is -0.409. The van der Waals surface area contributed by atoms with E-state index >= 15 is 0 Å². The van der Waals surface area contributed by atoms with Crippen LogP contribution in [0.15, 0.2) is 0 Å². The normalized spacial score (nSPS) is 20.8. The Bertz CT molecular complexity index is 572. The van der Waals surface area contributed by atoms with Gasteiger partial charge in [-0.25, -0.2) is 0 Å². The van der Waals surface area contributed by atoms with Crippen molar-refractivity contribution in [2.45, 2.75) is 161 Å². The van der Waals surface area contributed by atoms with Crippen LogP contribution in [0.3, 0.4) is 0 Å². The fourth-order valence-corrected chi connectivity index (χ4v) is 5.86. The highest BCUT2D eigenvalue weighted by Gasteiger charge is 2.36. The van der Waals surface area contributed by atoms with Gasteiger partial charge in [0.15, 0.2) is 0 Å². The predicted molar refractivity (Wildman–Crippen MR) is 142 cm³/mol. The van der Waals surface area contributed by atoms with Gasteiger partial charge in [0.25, 0.3) is 0 Å². The van der Waals surface area contributed by atoms with E-state index in [-0.39, 0.29) is 29.8 Å². The molecule has 0 radical (unpaired) electrons. The first-order valence-corrected chi connectivity index (χ1v) is 14.4. The number of amides is 1. The monoisotopic (exact) mass is 480 g/mol. The molecule has 0 spiro atoms. The van der Waals surface area contributed by atoms with Gasteiger partial charge in [0.2, 0.25) is 5.91 Å². The van der Waals surface area contributed by atoms with Crippen LogP contribution in [-0.2, 0) is 14.3 Å². The minimum Gasteiger partial charge on any atom is -0.368 e. The molecular formula is C29H56N2O3. The van der Waals surface area contributed by atoms with Crippen LogP contribution in [0.1, 0.15) is 138 Å². The third-order valence-electron chi connectivity index (χ3n) is 7.89. The molecule has 0 atom stereocenters. The van der Waals surface area contributed by atoms with Crippen molar-refractivity contribution in [3.05, 3.63) is 0 Å². The van der Waals surface area contributed by atoms with Crippen LogP contribution in [0, 0.1) is 5.92 Å². The zero-order chi connectivity index (χ0) is 25.1. The van der Waals surface area contributed by atoms with Crippen LogP contribution in [0.5, 0.6) is 0 Å². The second-order valence-electron chi connectivity index (χ2n) is 12.6. The average Bonchev–Trinajstić information content (AvgIpc) is 2.64. The zero-order valence-electron chi connectivity index (χ0n) is 23.4. The number of carbonyl (C=O) groups excluding carboxylic acids is 1. The summed E-state index contributed by atoms with van der Waals surface area (Å²) in [6.07, 6.45) is 18.9. The third-order valence-corrected chi connectivity index (χ3v) is 7.89. The molecule has 0 aliphatic heterocycles. The van der Waals surface area contributed by atoms with E-state index in [2.05, 4.69) is 52.2 Å². The van der Waals surface area contributed by atoms with Crippen molar-refractivity contribution in [2.24, 2.45) is 5.92 Å². The predicted octanol–water partition coefficient (Wildman–Crippen LogP) is 6.88. The first-order valence-electron chi connectivity index (χ1n) is 14.4. The molecular weight excluding hydrogens is 424 g/mol. The van der Waals surface area contributed by atoms with E-state index in [0.717, 1.165) is 25.8 Å². The van der Waals surface area contributed by atoms with E-state index in [1.807, 2.05) is 0 Å². The van der Waals surface area contributed by atoms with Gasteiger partial charge in [-0.1, -0.05) is 64.2 Å². The molecule has 0 aromatic carbocycles. The van der Waals surface area contributed by atoms with Crippen LogP contribution in [0.2, 0.25) is 0 Å². The largest absolute Gasteiger partial charge is 0.368 e. The van der Waals surface area contributed by atoms with Crippen molar-refractivity contribution >= 4 is 5.91 Å². The van der Waals surface area contributed by atoms with Gasteiger partial charge in [0.1, 0.15) is 12.3 Å². The molecule has 2 N–H and O–H groups in total. The molecule has 2 saturated carbocycles. The van der Waals surface area contributed by atoms with Crippen molar-refractivity contribution in [1.82, 2.24) is 10.6 Å². The maximum Gasteiger partial charge on any atom is 0.246 e. The molecule has 0 bridgehead atoms. The molecule has 0 aromatic heterocycles. The SMILES string of the molecule is CC(C)(CCNC(C)(C)OC(C)(C)C1CCCCCCC1)NC(=O)COC1CCCCCCC1. The van der Waals surface area contributed by atoms with E-state index in [9.17, 15) is 4.79 Å². The fourth-order valence-electron chi connectivity index (χ4n) is 5.86. The third kappa shape index (κ3) is 11.9. The topological polar surface area (TPSA) is 59.6 Å². The second kappa shape index (κ2) is 14.2. The molecule has 0 aromatic rings. The number of hydrogen-bond donors (Lipinski definition) is 2. The lowest BCUT2D eigenvalue weighted by Crippen LogP contribution is -2.53. The van der Waals surface area contributed by atoms with Gasteiger partial charge in [-0.05, 0) is 86.1 Å². The molecule has 34 heavy (non-hydrogen) atoms. The van der Waals surface area contributed by atoms with E-state index < -0.39 is 5.72 Å². The van der Waals surface area contributed by atoms with Gasteiger partial charge < -0.3 is 14.8 Å². The van der Waals surface area contributed by atoms with Gasteiger partial charge in [0, 0.05) is 5.54 Å². The van der Waals surface area contributed by atoms with Crippen molar-refractivity contribution in [3.8, 4) is 0 Å². The Morgan fingerprint density at radius 3 is 1.82 bits per heavy atom. The molecule has 0 saturated heterocycles. The molecule has 0 heterocycles. The Kier molecular flexibility index (Phi) is 12.3. The molecule has 2 aliphatic rings. The van der Waals surface area contributed by atoms with Crippen LogP contribution in [-0.4, -0.2) is 42.0 Å². The summed E-state index contributed by atoms with van der Waals surface area (Å²) in [5.74, 6) is 0.607. The second-order valence-corrected chi connectivity index (χ2v) is 12.6. The molecule has 2 aliphatic carbocycles. The van der Waals surface area contributed by atoms with Gasteiger partial charge in [-0.15, -0.1) is 0 Å². The first-order chi connectivity index (χ1) is 16.0. The Balaban J connectivity index is 1.72. The summed E-state index contributed by atoms with van der Waals surface area (Å²) in [6.45, 7) is 13.9. The van der Waals surface area contributed by atoms with Gasteiger partial charge in [-0.2, -0.15) is 0 Å². The van der Waals surface area contributed by atoms with Crippen molar-refractivity contribution in [2.75, 3.05) is 13.2 Å². The summed E-state index contributed by atoms with van der Waals surface area (Å²) in [7, 11) is 0. The lowest BCUT2D eigenvalue weighted by Gasteiger charge is -2.42. The molecule has 200 valence electrons. The van der Waals surface area contributed by atoms with Crippen molar-refractivity contribution < 1.29 is 14.3 Å². The summed E-state index contributed by atoms with van der Waals surface area (Å²) >= 11 is 0. The lowest BCUT2D eigenvalue weighted by atomic mass is 9.80. The van der Waals surface area contributed by atoms with E-state index in [1.54, 1.807) is 0 Å². The Morgan fingerprint density at radius 2 is 1.26 bits per heavy atom. The van der Waals surface area contributed by atoms with Crippen molar-refractivity contribution in [3.63, 3.8) is 0 Å². The molecule has 2 fully saturated rings. The molecule has 2 rings (SSSR count). The molecule has 5 nitrogen and oxygen atoms in total. The highest BCUT2D eigenvalue weighted by Crippen LogP contribution is 2.35. The summed E-state index contributed by atoms with van der Waals surface area (Å²) < 4.78 is 12.6. The van der Waals surface area contributed by atoms with Crippen molar-refractivity contribution in [1.29, 1.82) is 0 Å². The van der Waals surface area contributed by atoms with Crippen LogP contribution < -0.4 is 10.6 Å². The summed E-state index contributed by atoms with van der Waals surface area (Å²) in [5, 5.41) is 6.78. The van der Waals surface area contributed by atoms with Crippen LogP contribution >= 0.6 is 0 Å². The van der Waals surface area contributed by atoms with E-state index in [4.69, 9.17) is 9.47 Å². The first kappa shape index (κ1) is 29.6. The summed E-state index contributed by atoms with van der Waals surface area (Å²) in [6, 6.07) is 0. The zero-order valence-corrected chi connectivity index (χ0v) is 23.4. The standard InChI is InChI=1S/C29H56N2O3/c1-27(2,31-26(32)23-33-25-19-15-11-8-12-16-20-25)21-22-30-29(5,6)34-28(3,4)24-17-13-9-7-10-14-18-24/h24-25,30H,7-23H2,1-6H3,(H,31,32). The van der Waals surface area contributed by atoms with Crippen LogP contribution in [0.25, 0.3) is 0 Å². The van der Waals surface area contributed by atoms with E-state index in [0.29, 0.717) is 5.92 Å². The number of hydrogen-bond acceptors (Lipinski definition) is 4. The van der Waals surface area contributed by atoms with Gasteiger partial charge in [0.05, 0.1) is 11.7 Å². The van der Waals surface area contributed by atoms with Crippen LogP contribution in [0.4, 0.5) is 0 Å². The van der Waals surface area contributed by atoms with Gasteiger partial charge in [-0.3, -0.25) is 10.1 Å². The maximum atomic E-state index is 12.5. The lowest BCUT2D eigenvalue weighted by molar-refractivity contribution is -0.167. The molecule has 5 heteroatoms. The minimum absolute atomic E-state index is 0.00650. The molecule has 0 unspecified atom stereocenters. The average molecular weight is 481 g/mol. The Labute approximate surface area is 210 Å². The van der Waals surface area contributed by atoms with E-state index in [1.165, 1.54) is 77.0 Å². The number of carbonyl (C=O) groups is 1. The molecule has 1 amide bonds. The highest BCUT2D eigenvalue weighted by molar-refractivity contribution is 5.77.